The topological polar surface area (TPSA) is 50.9 Å². The molecule has 0 saturated carbocycles. The molecular weight excluding hydrogens is 302 g/mol. The molecule has 1 unspecified atom stereocenters. The van der Waals surface area contributed by atoms with Crippen LogP contribution < -0.4 is 10.1 Å². The van der Waals surface area contributed by atoms with E-state index in [0.29, 0.717) is 17.9 Å². The van der Waals surface area contributed by atoms with Crippen LogP contribution in [0.15, 0.2) is 48.5 Å². The Labute approximate surface area is 142 Å². The fourth-order valence-corrected chi connectivity index (χ4v) is 2.34. The number of epoxide rings is 1. The zero-order chi connectivity index (χ0) is 17.2. The number of amides is 1. The van der Waals surface area contributed by atoms with Gasteiger partial charge in [-0.15, -0.1) is 0 Å². The number of carbonyl (C=O) groups excluding carboxylic acids is 1. The molecule has 1 N–H and O–H groups in total. The van der Waals surface area contributed by atoms with Gasteiger partial charge < -0.3 is 14.8 Å². The van der Waals surface area contributed by atoms with Crippen LogP contribution in [0, 0.1) is 0 Å². The van der Waals surface area contributed by atoms with Gasteiger partial charge in [-0.3, -0.25) is 4.79 Å². The SMILES string of the molecule is CC(C)(C)c1ccc(C(=O)Nc2cccc(OCC3CO3)c2)cc1. The number of nitrogens with one attached hydrogen (secondary N) is 1. The molecule has 3 rings (SSSR count). The Hall–Kier alpha value is -2.33. The largest absolute Gasteiger partial charge is 0.491 e. The highest BCUT2D eigenvalue weighted by molar-refractivity contribution is 6.04. The lowest BCUT2D eigenvalue weighted by Gasteiger charge is -2.19. The van der Waals surface area contributed by atoms with E-state index in [9.17, 15) is 4.79 Å². The normalized spacial score (nSPS) is 16.5. The van der Waals surface area contributed by atoms with Crippen molar-refractivity contribution in [1.29, 1.82) is 0 Å². The highest BCUT2D eigenvalue weighted by Gasteiger charge is 2.23. The van der Waals surface area contributed by atoms with E-state index >= 15 is 0 Å². The van der Waals surface area contributed by atoms with Gasteiger partial charge in [-0.1, -0.05) is 39.0 Å². The predicted molar refractivity (Wildman–Crippen MR) is 94.8 cm³/mol. The average molecular weight is 325 g/mol. The maximum Gasteiger partial charge on any atom is 0.255 e. The van der Waals surface area contributed by atoms with Crippen molar-refractivity contribution in [1.82, 2.24) is 0 Å². The Morgan fingerprint density at radius 3 is 2.54 bits per heavy atom. The Kier molecular flexibility index (Phi) is 4.58. The van der Waals surface area contributed by atoms with E-state index in [4.69, 9.17) is 9.47 Å². The summed E-state index contributed by atoms with van der Waals surface area (Å²) in [6, 6.07) is 15.1. The van der Waals surface area contributed by atoms with Crippen LogP contribution in [-0.2, 0) is 10.2 Å². The summed E-state index contributed by atoms with van der Waals surface area (Å²) in [6.45, 7) is 7.77. The van der Waals surface area contributed by atoms with Crippen LogP contribution >= 0.6 is 0 Å². The second-order valence-electron chi connectivity index (χ2n) is 7.08. The Morgan fingerprint density at radius 2 is 1.92 bits per heavy atom. The number of anilines is 1. The third kappa shape index (κ3) is 4.36. The molecule has 0 aromatic heterocycles. The molecule has 1 aliphatic heterocycles. The Bertz CT molecular complexity index is 712. The van der Waals surface area contributed by atoms with Crippen molar-refractivity contribution in [2.75, 3.05) is 18.5 Å². The lowest BCUT2D eigenvalue weighted by Crippen LogP contribution is -2.14. The number of rotatable bonds is 5. The molecule has 1 heterocycles. The summed E-state index contributed by atoms with van der Waals surface area (Å²) in [7, 11) is 0. The van der Waals surface area contributed by atoms with Gasteiger partial charge in [0, 0.05) is 17.3 Å². The highest BCUT2D eigenvalue weighted by Crippen LogP contribution is 2.23. The molecule has 2 aromatic rings. The first-order valence-corrected chi connectivity index (χ1v) is 8.18. The van der Waals surface area contributed by atoms with E-state index < -0.39 is 0 Å². The van der Waals surface area contributed by atoms with Crippen LogP contribution in [0.5, 0.6) is 5.75 Å². The fourth-order valence-electron chi connectivity index (χ4n) is 2.34. The van der Waals surface area contributed by atoms with Gasteiger partial charge >= 0.3 is 0 Å². The van der Waals surface area contributed by atoms with E-state index in [1.807, 2.05) is 48.5 Å². The van der Waals surface area contributed by atoms with E-state index in [-0.39, 0.29) is 17.4 Å². The number of benzene rings is 2. The van der Waals surface area contributed by atoms with Crippen LogP contribution in [-0.4, -0.2) is 25.2 Å². The zero-order valence-electron chi connectivity index (χ0n) is 14.3. The van der Waals surface area contributed by atoms with Crippen molar-refractivity contribution in [3.8, 4) is 5.75 Å². The molecule has 1 amide bonds. The van der Waals surface area contributed by atoms with Gasteiger partial charge in [-0.25, -0.2) is 0 Å². The minimum Gasteiger partial charge on any atom is -0.491 e. The molecule has 1 saturated heterocycles. The summed E-state index contributed by atoms with van der Waals surface area (Å²) in [5, 5.41) is 2.91. The van der Waals surface area contributed by atoms with E-state index in [1.165, 1.54) is 5.56 Å². The van der Waals surface area contributed by atoms with Gasteiger partial charge in [0.25, 0.3) is 5.91 Å². The van der Waals surface area contributed by atoms with Gasteiger partial charge in [0.1, 0.15) is 18.5 Å². The minimum absolute atomic E-state index is 0.0753. The van der Waals surface area contributed by atoms with Crippen LogP contribution in [0.4, 0.5) is 5.69 Å². The summed E-state index contributed by atoms with van der Waals surface area (Å²) in [5.41, 5.74) is 2.64. The van der Waals surface area contributed by atoms with Gasteiger partial charge in [0.05, 0.1) is 6.61 Å². The second-order valence-corrected chi connectivity index (χ2v) is 7.08. The van der Waals surface area contributed by atoms with Gasteiger partial charge in [-0.2, -0.15) is 0 Å². The molecule has 4 heteroatoms. The van der Waals surface area contributed by atoms with Crippen LogP contribution in [0.25, 0.3) is 0 Å². The summed E-state index contributed by atoms with van der Waals surface area (Å²) in [6.07, 6.45) is 0.213. The lowest BCUT2D eigenvalue weighted by atomic mass is 9.87. The number of hydrogen-bond acceptors (Lipinski definition) is 3. The molecule has 4 nitrogen and oxygen atoms in total. The van der Waals surface area contributed by atoms with Crippen LogP contribution in [0.1, 0.15) is 36.7 Å². The van der Waals surface area contributed by atoms with E-state index in [1.54, 1.807) is 0 Å². The van der Waals surface area contributed by atoms with Gasteiger partial charge in [0.15, 0.2) is 0 Å². The quantitative estimate of drug-likeness (QED) is 0.845. The predicted octanol–water partition coefficient (Wildman–Crippen LogP) is 4.01. The van der Waals surface area contributed by atoms with Crippen molar-refractivity contribution in [2.45, 2.75) is 32.3 Å². The molecule has 0 bridgehead atoms. The van der Waals surface area contributed by atoms with Gasteiger partial charge in [-0.05, 0) is 35.2 Å². The molecular formula is C20H23NO3. The molecule has 24 heavy (non-hydrogen) atoms. The minimum atomic E-state index is -0.127. The summed E-state index contributed by atoms with van der Waals surface area (Å²) in [5.74, 6) is 0.601. The maximum absolute atomic E-state index is 12.4. The monoisotopic (exact) mass is 325 g/mol. The Morgan fingerprint density at radius 1 is 1.21 bits per heavy atom. The summed E-state index contributed by atoms with van der Waals surface area (Å²) in [4.78, 5) is 12.4. The molecule has 1 fully saturated rings. The molecule has 1 atom stereocenters. The zero-order valence-corrected chi connectivity index (χ0v) is 14.3. The summed E-state index contributed by atoms with van der Waals surface area (Å²) < 4.78 is 10.8. The van der Waals surface area contributed by atoms with Crippen molar-refractivity contribution >= 4 is 11.6 Å². The first kappa shape index (κ1) is 16.5. The molecule has 0 spiro atoms. The third-order valence-corrected chi connectivity index (χ3v) is 3.94. The first-order chi connectivity index (χ1) is 11.4. The molecule has 0 radical (unpaired) electrons. The van der Waals surface area contributed by atoms with E-state index in [0.717, 1.165) is 12.4 Å². The third-order valence-electron chi connectivity index (χ3n) is 3.94. The molecule has 2 aromatic carbocycles. The maximum atomic E-state index is 12.4. The Balaban J connectivity index is 1.64. The molecule has 126 valence electrons. The van der Waals surface area contributed by atoms with Gasteiger partial charge in [0.2, 0.25) is 0 Å². The second kappa shape index (κ2) is 6.65. The lowest BCUT2D eigenvalue weighted by molar-refractivity contribution is 0.102. The first-order valence-electron chi connectivity index (χ1n) is 8.18. The number of hydrogen-bond donors (Lipinski definition) is 1. The molecule has 1 aliphatic rings. The smallest absolute Gasteiger partial charge is 0.255 e. The molecule has 0 aliphatic carbocycles. The fraction of sp³-hybridized carbons (Fsp3) is 0.350. The number of carbonyl (C=O) groups is 1. The van der Waals surface area contributed by atoms with Crippen molar-refractivity contribution in [2.24, 2.45) is 0 Å². The number of ether oxygens (including phenoxy) is 2. The average Bonchev–Trinajstić information content (AvgIpc) is 3.37. The highest BCUT2D eigenvalue weighted by atomic mass is 16.6. The standard InChI is InChI=1S/C20H23NO3/c1-20(2,3)15-9-7-14(8-10-15)19(22)21-16-5-4-6-17(11-16)23-12-18-13-24-18/h4-11,18H,12-13H2,1-3H3,(H,21,22). The van der Waals surface area contributed by atoms with Crippen molar-refractivity contribution in [3.05, 3.63) is 59.7 Å². The van der Waals surface area contributed by atoms with Crippen LogP contribution in [0.2, 0.25) is 0 Å². The van der Waals surface area contributed by atoms with Crippen molar-refractivity contribution < 1.29 is 14.3 Å². The van der Waals surface area contributed by atoms with Crippen LogP contribution in [0.3, 0.4) is 0 Å². The van der Waals surface area contributed by atoms with Crippen molar-refractivity contribution in [3.63, 3.8) is 0 Å². The van der Waals surface area contributed by atoms with E-state index in [2.05, 4.69) is 26.1 Å². The summed E-state index contributed by atoms with van der Waals surface area (Å²) >= 11 is 0.